The highest BCUT2D eigenvalue weighted by Crippen LogP contribution is 2.26. The maximum atomic E-state index is 2.26. The Labute approximate surface area is 143 Å². The Hall–Kier alpha value is -2.86. The molecule has 4 rings (SSSR count). The first kappa shape index (κ1) is 14.7. The second-order valence-corrected chi connectivity index (χ2v) is 6.16. The summed E-state index contributed by atoms with van der Waals surface area (Å²) < 4.78 is 0. The van der Waals surface area contributed by atoms with Crippen molar-refractivity contribution in [2.24, 2.45) is 0 Å². The molecule has 0 heterocycles. The Bertz CT molecular complexity index is 946. The molecule has 0 heteroatoms. The number of rotatable bonds is 4. The van der Waals surface area contributed by atoms with E-state index in [0.717, 1.165) is 12.8 Å². The van der Waals surface area contributed by atoms with Crippen LogP contribution in [0.4, 0.5) is 0 Å². The van der Waals surface area contributed by atoms with E-state index in [1.165, 1.54) is 33.0 Å². The maximum absolute atomic E-state index is 2.26. The van der Waals surface area contributed by atoms with Crippen molar-refractivity contribution in [2.75, 3.05) is 0 Å². The van der Waals surface area contributed by atoms with Crippen LogP contribution in [0.2, 0.25) is 0 Å². The van der Waals surface area contributed by atoms with Crippen LogP contribution in [0.1, 0.15) is 11.1 Å². The van der Waals surface area contributed by atoms with E-state index < -0.39 is 0 Å². The second-order valence-electron chi connectivity index (χ2n) is 6.16. The molecule has 116 valence electrons. The van der Waals surface area contributed by atoms with Crippen molar-refractivity contribution in [3.63, 3.8) is 0 Å². The molecule has 0 aliphatic rings. The van der Waals surface area contributed by atoms with Crippen LogP contribution in [0.25, 0.3) is 21.9 Å². The zero-order valence-corrected chi connectivity index (χ0v) is 13.7. The fourth-order valence-electron chi connectivity index (χ4n) is 3.42. The average Bonchev–Trinajstić information content (AvgIpc) is 2.67. The Balaban J connectivity index is 1.65. The van der Waals surface area contributed by atoms with E-state index in [0.29, 0.717) is 0 Å². The predicted octanol–water partition coefficient (Wildman–Crippen LogP) is 6.29. The van der Waals surface area contributed by atoms with Gasteiger partial charge < -0.3 is 0 Å². The van der Waals surface area contributed by atoms with E-state index in [2.05, 4.69) is 97.1 Å². The summed E-state index contributed by atoms with van der Waals surface area (Å²) in [6, 6.07) is 34.7. The summed E-state index contributed by atoms with van der Waals surface area (Å²) in [6.07, 6.45) is 2.12. The van der Waals surface area contributed by atoms with E-state index in [4.69, 9.17) is 0 Å². The lowest BCUT2D eigenvalue weighted by Crippen LogP contribution is -1.95. The van der Waals surface area contributed by atoms with Gasteiger partial charge in [0.05, 0.1) is 0 Å². The molecular formula is C24H20. The van der Waals surface area contributed by atoms with Gasteiger partial charge in [-0.05, 0) is 45.9 Å². The molecular weight excluding hydrogens is 288 g/mol. The molecule has 0 aromatic heterocycles. The molecule has 4 aromatic carbocycles. The van der Waals surface area contributed by atoms with Crippen molar-refractivity contribution in [1.82, 2.24) is 0 Å². The normalized spacial score (nSPS) is 10.8. The number of fused-ring (bicyclic) bond motifs is 1. The highest BCUT2D eigenvalue weighted by molar-refractivity contribution is 5.85. The van der Waals surface area contributed by atoms with Crippen LogP contribution >= 0.6 is 0 Å². The minimum Gasteiger partial charge on any atom is -0.0622 e. The SMILES string of the molecule is c1ccc(-c2ccccc2CCc2cccc3ccccc23)cc1. The number of benzene rings is 4. The van der Waals surface area contributed by atoms with E-state index in [1.807, 2.05) is 0 Å². The zero-order chi connectivity index (χ0) is 16.2. The lowest BCUT2D eigenvalue weighted by Gasteiger charge is -2.11. The fourth-order valence-corrected chi connectivity index (χ4v) is 3.42. The smallest absolute Gasteiger partial charge is 0.0152 e. The zero-order valence-electron chi connectivity index (χ0n) is 13.7. The van der Waals surface area contributed by atoms with E-state index in [-0.39, 0.29) is 0 Å². The van der Waals surface area contributed by atoms with Crippen molar-refractivity contribution in [3.8, 4) is 11.1 Å². The summed E-state index contributed by atoms with van der Waals surface area (Å²) in [4.78, 5) is 0. The van der Waals surface area contributed by atoms with Gasteiger partial charge in [-0.3, -0.25) is 0 Å². The van der Waals surface area contributed by atoms with Gasteiger partial charge in [0.25, 0.3) is 0 Å². The quantitative estimate of drug-likeness (QED) is 0.415. The third-order valence-corrected chi connectivity index (χ3v) is 4.65. The van der Waals surface area contributed by atoms with Crippen LogP contribution in [0.15, 0.2) is 97.1 Å². The number of aryl methyl sites for hydroxylation is 2. The summed E-state index contributed by atoms with van der Waals surface area (Å²) in [5.74, 6) is 0. The maximum Gasteiger partial charge on any atom is -0.0152 e. The Morgan fingerprint density at radius 2 is 1.08 bits per heavy atom. The number of hydrogen-bond donors (Lipinski definition) is 0. The molecule has 0 aliphatic carbocycles. The van der Waals surface area contributed by atoms with Crippen LogP contribution < -0.4 is 0 Å². The van der Waals surface area contributed by atoms with Crippen LogP contribution in [-0.4, -0.2) is 0 Å². The Kier molecular flexibility index (Phi) is 4.12. The van der Waals surface area contributed by atoms with Gasteiger partial charge in [-0.2, -0.15) is 0 Å². The highest BCUT2D eigenvalue weighted by Gasteiger charge is 2.06. The third-order valence-electron chi connectivity index (χ3n) is 4.65. The Morgan fingerprint density at radius 1 is 0.458 bits per heavy atom. The molecule has 0 aliphatic heterocycles. The van der Waals surface area contributed by atoms with Crippen LogP contribution in [0.5, 0.6) is 0 Å². The van der Waals surface area contributed by atoms with Gasteiger partial charge in [-0.15, -0.1) is 0 Å². The van der Waals surface area contributed by atoms with Crippen molar-refractivity contribution in [1.29, 1.82) is 0 Å². The molecule has 0 radical (unpaired) electrons. The summed E-state index contributed by atoms with van der Waals surface area (Å²) >= 11 is 0. The molecule has 0 bridgehead atoms. The molecule has 0 unspecified atom stereocenters. The van der Waals surface area contributed by atoms with Crippen molar-refractivity contribution in [3.05, 3.63) is 108 Å². The third kappa shape index (κ3) is 2.96. The number of hydrogen-bond acceptors (Lipinski definition) is 0. The van der Waals surface area contributed by atoms with Gasteiger partial charge in [0, 0.05) is 0 Å². The molecule has 24 heavy (non-hydrogen) atoms. The molecule has 0 atom stereocenters. The first-order valence-electron chi connectivity index (χ1n) is 8.52. The van der Waals surface area contributed by atoms with E-state index >= 15 is 0 Å². The second kappa shape index (κ2) is 6.72. The van der Waals surface area contributed by atoms with Gasteiger partial charge in [-0.1, -0.05) is 97.1 Å². The van der Waals surface area contributed by atoms with Crippen LogP contribution in [0, 0.1) is 0 Å². The van der Waals surface area contributed by atoms with Gasteiger partial charge in [0.15, 0.2) is 0 Å². The van der Waals surface area contributed by atoms with Gasteiger partial charge >= 0.3 is 0 Å². The van der Waals surface area contributed by atoms with Gasteiger partial charge in [-0.25, -0.2) is 0 Å². The largest absolute Gasteiger partial charge is 0.0622 e. The lowest BCUT2D eigenvalue weighted by atomic mass is 9.93. The highest BCUT2D eigenvalue weighted by atomic mass is 14.1. The average molecular weight is 308 g/mol. The topological polar surface area (TPSA) is 0 Å². The van der Waals surface area contributed by atoms with E-state index in [9.17, 15) is 0 Å². The monoisotopic (exact) mass is 308 g/mol. The molecule has 0 fully saturated rings. The standard InChI is InChI=1S/C24H20/c1-2-9-19(10-3-1)23-15-7-5-12-21(23)17-18-22-14-8-13-20-11-4-6-16-24(20)22/h1-16H,17-18H2. The molecule has 0 N–H and O–H groups in total. The van der Waals surface area contributed by atoms with Crippen molar-refractivity contribution in [2.45, 2.75) is 12.8 Å². The molecule has 0 spiro atoms. The summed E-state index contributed by atoms with van der Waals surface area (Å²) in [5, 5.41) is 2.70. The molecule has 4 aromatic rings. The van der Waals surface area contributed by atoms with Crippen molar-refractivity contribution >= 4 is 10.8 Å². The first-order valence-corrected chi connectivity index (χ1v) is 8.52. The molecule has 0 amide bonds. The fraction of sp³-hybridized carbons (Fsp3) is 0.0833. The minimum atomic E-state index is 1.05. The summed E-state index contributed by atoms with van der Waals surface area (Å²) in [7, 11) is 0. The molecule has 0 saturated heterocycles. The molecule has 0 saturated carbocycles. The van der Waals surface area contributed by atoms with Gasteiger partial charge in [0.2, 0.25) is 0 Å². The van der Waals surface area contributed by atoms with Gasteiger partial charge in [0.1, 0.15) is 0 Å². The minimum absolute atomic E-state index is 1.05. The van der Waals surface area contributed by atoms with Crippen LogP contribution in [0.3, 0.4) is 0 Å². The summed E-state index contributed by atoms with van der Waals surface area (Å²) in [5.41, 5.74) is 5.48. The lowest BCUT2D eigenvalue weighted by molar-refractivity contribution is 0.971. The van der Waals surface area contributed by atoms with E-state index in [1.54, 1.807) is 0 Å². The van der Waals surface area contributed by atoms with Crippen LogP contribution in [-0.2, 0) is 12.8 Å². The summed E-state index contributed by atoms with van der Waals surface area (Å²) in [6.45, 7) is 0. The predicted molar refractivity (Wildman–Crippen MR) is 103 cm³/mol. The Morgan fingerprint density at radius 3 is 2.00 bits per heavy atom. The first-order chi connectivity index (χ1) is 11.9. The van der Waals surface area contributed by atoms with Crippen molar-refractivity contribution < 1.29 is 0 Å². The molecule has 0 nitrogen and oxygen atoms in total.